The maximum Gasteiger partial charge on any atom is 0.240 e. The minimum absolute atomic E-state index is 0.220. The van der Waals surface area contributed by atoms with Crippen molar-refractivity contribution in [2.75, 3.05) is 12.3 Å². The fourth-order valence-corrected chi connectivity index (χ4v) is 3.84. The second-order valence-corrected chi connectivity index (χ2v) is 7.88. The van der Waals surface area contributed by atoms with Crippen LogP contribution in [0.1, 0.15) is 11.1 Å². The lowest BCUT2D eigenvalue weighted by Crippen LogP contribution is -2.26. The summed E-state index contributed by atoms with van der Waals surface area (Å²) in [5.41, 5.74) is 2.36. The lowest BCUT2D eigenvalue weighted by Gasteiger charge is -2.07. The topological polar surface area (TPSA) is 46.2 Å². The molecule has 0 aliphatic heterocycles. The van der Waals surface area contributed by atoms with Crippen LogP contribution in [0, 0.1) is 18.6 Å². The number of nitrogens with one attached hydrogen (secondary N) is 1. The van der Waals surface area contributed by atoms with E-state index in [0.717, 1.165) is 17.9 Å². The van der Waals surface area contributed by atoms with Crippen molar-refractivity contribution < 1.29 is 17.2 Å². The van der Waals surface area contributed by atoms with Gasteiger partial charge in [-0.2, -0.15) is 11.8 Å². The van der Waals surface area contributed by atoms with Gasteiger partial charge in [0.1, 0.15) is 0 Å². The zero-order valence-electron chi connectivity index (χ0n) is 12.6. The summed E-state index contributed by atoms with van der Waals surface area (Å²) < 4.78 is 52.2. The van der Waals surface area contributed by atoms with Crippen molar-refractivity contribution in [1.29, 1.82) is 0 Å². The van der Waals surface area contributed by atoms with Crippen molar-refractivity contribution in [3.63, 3.8) is 0 Å². The van der Waals surface area contributed by atoms with Crippen molar-refractivity contribution in [3.05, 3.63) is 65.2 Å². The Kier molecular flexibility index (Phi) is 6.15. The van der Waals surface area contributed by atoms with Crippen molar-refractivity contribution in [3.8, 4) is 0 Å². The Morgan fingerprint density at radius 1 is 1.04 bits per heavy atom. The summed E-state index contributed by atoms with van der Waals surface area (Å²) in [4.78, 5) is -0.278. The fourth-order valence-electron chi connectivity index (χ4n) is 1.85. The van der Waals surface area contributed by atoms with Crippen LogP contribution in [0.2, 0.25) is 0 Å². The first-order valence-corrected chi connectivity index (χ1v) is 9.60. The monoisotopic (exact) mass is 357 g/mol. The van der Waals surface area contributed by atoms with Crippen LogP contribution in [-0.2, 0) is 15.8 Å². The molecule has 7 heteroatoms. The third kappa shape index (κ3) is 5.30. The Balaban J connectivity index is 1.80. The second-order valence-electron chi connectivity index (χ2n) is 5.01. The minimum Gasteiger partial charge on any atom is -0.210 e. The molecule has 0 spiro atoms. The third-order valence-corrected chi connectivity index (χ3v) is 5.62. The molecule has 0 atom stereocenters. The molecule has 1 N–H and O–H groups in total. The van der Waals surface area contributed by atoms with E-state index in [1.54, 1.807) is 11.8 Å². The van der Waals surface area contributed by atoms with E-state index in [1.807, 2.05) is 31.2 Å². The maximum absolute atomic E-state index is 13.1. The molecule has 124 valence electrons. The van der Waals surface area contributed by atoms with E-state index in [-0.39, 0.29) is 11.4 Å². The van der Waals surface area contributed by atoms with Gasteiger partial charge in [-0.1, -0.05) is 29.8 Å². The van der Waals surface area contributed by atoms with E-state index < -0.39 is 21.7 Å². The van der Waals surface area contributed by atoms with Crippen LogP contribution >= 0.6 is 11.8 Å². The summed E-state index contributed by atoms with van der Waals surface area (Å²) in [6, 6.07) is 10.7. The van der Waals surface area contributed by atoms with Crippen LogP contribution in [-0.4, -0.2) is 20.7 Å². The summed E-state index contributed by atoms with van der Waals surface area (Å²) in [5.74, 6) is -0.886. The molecule has 0 heterocycles. The van der Waals surface area contributed by atoms with E-state index in [9.17, 15) is 17.2 Å². The predicted octanol–water partition coefficient (Wildman–Crippen LogP) is 3.48. The smallest absolute Gasteiger partial charge is 0.210 e. The molecular weight excluding hydrogens is 340 g/mol. The standard InChI is InChI=1S/C16H17F2NO2S2/c1-12-2-4-13(5-3-12)11-22-9-8-19-23(20,21)14-6-7-15(17)16(18)10-14/h2-7,10,19H,8-9,11H2,1H3. The Hall–Kier alpha value is -1.44. The first-order chi connectivity index (χ1) is 10.9. The van der Waals surface area contributed by atoms with Crippen LogP contribution < -0.4 is 4.72 Å². The molecule has 0 saturated carbocycles. The molecule has 3 nitrogen and oxygen atoms in total. The average molecular weight is 357 g/mol. The highest BCUT2D eigenvalue weighted by Gasteiger charge is 2.15. The number of aryl methyl sites for hydroxylation is 1. The van der Waals surface area contributed by atoms with Crippen molar-refractivity contribution in [2.45, 2.75) is 17.6 Å². The quantitative estimate of drug-likeness (QED) is 0.772. The van der Waals surface area contributed by atoms with Gasteiger partial charge in [0.05, 0.1) is 4.90 Å². The number of halogens is 2. The Morgan fingerprint density at radius 3 is 2.39 bits per heavy atom. The van der Waals surface area contributed by atoms with E-state index in [1.165, 1.54) is 11.1 Å². The summed E-state index contributed by atoms with van der Waals surface area (Å²) in [7, 11) is -3.82. The van der Waals surface area contributed by atoms with E-state index >= 15 is 0 Å². The zero-order valence-corrected chi connectivity index (χ0v) is 14.2. The first kappa shape index (κ1) is 17.9. The summed E-state index contributed by atoms with van der Waals surface area (Å²) in [6.45, 7) is 2.24. The number of hydrogen-bond donors (Lipinski definition) is 1. The number of benzene rings is 2. The normalized spacial score (nSPS) is 11.6. The van der Waals surface area contributed by atoms with Crippen LogP contribution in [0.15, 0.2) is 47.4 Å². The fraction of sp³-hybridized carbons (Fsp3) is 0.250. The Morgan fingerprint density at radius 2 is 1.74 bits per heavy atom. The predicted molar refractivity (Wildman–Crippen MR) is 88.9 cm³/mol. The van der Waals surface area contributed by atoms with Gasteiger partial charge in [0.25, 0.3) is 0 Å². The van der Waals surface area contributed by atoms with Gasteiger partial charge in [-0.25, -0.2) is 21.9 Å². The van der Waals surface area contributed by atoms with E-state index in [0.29, 0.717) is 11.8 Å². The molecular formula is C16H17F2NO2S2. The second kappa shape index (κ2) is 7.90. The average Bonchev–Trinajstić information content (AvgIpc) is 2.51. The van der Waals surface area contributed by atoms with Gasteiger partial charge in [-0.3, -0.25) is 0 Å². The van der Waals surface area contributed by atoms with Gasteiger partial charge in [0.15, 0.2) is 11.6 Å². The molecule has 0 aliphatic carbocycles. The Bertz CT molecular complexity index is 762. The molecule has 2 aromatic rings. The van der Waals surface area contributed by atoms with E-state index in [2.05, 4.69) is 4.72 Å². The molecule has 2 rings (SSSR count). The summed E-state index contributed by atoms with van der Waals surface area (Å²) in [6.07, 6.45) is 0. The van der Waals surface area contributed by atoms with Gasteiger partial charge in [-0.15, -0.1) is 0 Å². The van der Waals surface area contributed by atoms with Crippen LogP contribution in [0.5, 0.6) is 0 Å². The van der Waals surface area contributed by atoms with Crippen molar-refractivity contribution in [2.24, 2.45) is 0 Å². The summed E-state index contributed by atoms with van der Waals surface area (Å²) >= 11 is 1.59. The van der Waals surface area contributed by atoms with Crippen molar-refractivity contribution in [1.82, 2.24) is 4.72 Å². The molecule has 0 amide bonds. The van der Waals surface area contributed by atoms with Gasteiger partial charge >= 0.3 is 0 Å². The largest absolute Gasteiger partial charge is 0.240 e. The molecule has 0 bridgehead atoms. The molecule has 0 saturated heterocycles. The molecule has 2 aromatic carbocycles. The third-order valence-electron chi connectivity index (χ3n) is 3.13. The maximum atomic E-state index is 13.1. The highest BCUT2D eigenvalue weighted by atomic mass is 32.2. The van der Waals surface area contributed by atoms with Gasteiger partial charge < -0.3 is 0 Å². The number of rotatable bonds is 7. The molecule has 23 heavy (non-hydrogen) atoms. The highest BCUT2D eigenvalue weighted by Crippen LogP contribution is 2.15. The molecule has 0 fully saturated rings. The number of thioether (sulfide) groups is 1. The lowest BCUT2D eigenvalue weighted by atomic mass is 10.2. The van der Waals surface area contributed by atoms with Gasteiger partial charge in [-0.05, 0) is 30.7 Å². The molecule has 0 radical (unpaired) electrons. The zero-order chi connectivity index (χ0) is 16.9. The van der Waals surface area contributed by atoms with Crippen molar-refractivity contribution >= 4 is 21.8 Å². The number of sulfonamides is 1. The minimum atomic E-state index is -3.82. The van der Waals surface area contributed by atoms with Crippen LogP contribution in [0.3, 0.4) is 0 Å². The first-order valence-electron chi connectivity index (χ1n) is 6.96. The van der Waals surface area contributed by atoms with Gasteiger partial charge in [0, 0.05) is 18.1 Å². The highest BCUT2D eigenvalue weighted by molar-refractivity contribution is 7.98. The Labute approximate surface area is 139 Å². The SMILES string of the molecule is Cc1ccc(CSCCNS(=O)(=O)c2ccc(F)c(F)c2)cc1. The number of hydrogen-bond acceptors (Lipinski definition) is 3. The summed E-state index contributed by atoms with van der Waals surface area (Å²) in [5, 5.41) is 0. The van der Waals surface area contributed by atoms with Gasteiger partial charge in [0.2, 0.25) is 10.0 Å². The molecule has 0 aliphatic rings. The van der Waals surface area contributed by atoms with Crippen LogP contribution in [0.25, 0.3) is 0 Å². The van der Waals surface area contributed by atoms with Crippen LogP contribution in [0.4, 0.5) is 8.78 Å². The molecule has 0 aromatic heterocycles. The van der Waals surface area contributed by atoms with E-state index in [4.69, 9.17) is 0 Å². The lowest BCUT2D eigenvalue weighted by molar-refractivity contribution is 0.504. The molecule has 0 unspecified atom stereocenters.